The van der Waals surface area contributed by atoms with Gasteiger partial charge in [0.1, 0.15) is 0 Å². The van der Waals surface area contributed by atoms with Gasteiger partial charge in [-0.3, -0.25) is 10.2 Å². The van der Waals surface area contributed by atoms with Gasteiger partial charge in [-0.15, -0.1) is 0 Å². The van der Waals surface area contributed by atoms with Gasteiger partial charge in [-0.1, -0.05) is 60.7 Å². The second-order valence-corrected chi connectivity index (χ2v) is 8.70. The van der Waals surface area contributed by atoms with Crippen molar-refractivity contribution in [1.29, 1.82) is 0 Å². The minimum absolute atomic E-state index is 0.0557. The zero-order valence-corrected chi connectivity index (χ0v) is 20.3. The fraction of sp³-hybridized carbons (Fsp3) is 0.480. The Morgan fingerprint density at radius 2 is 2.09 bits per heavy atom. The first-order valence-electron chi connectivity index (χ1n) is 11.3. The first kappa shape index (κ1) is 25.9. The number of methoxy groups -OCH3 is 1. The van der Waals surface area contributed by atoms with Crippen molar-refractivity contribution in [3.8, 4) is 0 Å². The molecule has 2 rings (SSSR count). The van der Waals surface area contributed by atoms with Crippen LogP contribution in [0.5, 0.6) is 0 Å². The molecule has 6 nitrogen and oxygen atoms in total. The number of benzene rings is 1. The molecule has 7 heteroatoms. The number of unbranched alkanes of at least 4 members (excludes halogenated alkanes) is 2. The van der Waals surface area contributed by atoms with Gasteiger partial charge in [0.2, 0.25) is 5.91 Å². The Kier molecular flexibility index (Phi) is 12.5. The second kappa shape index (κ2) is 15.4. The number of hydrogen-bond donors (Lipinski definition) is 2. The third-order valence-electron chi connectivity index (χ3n) is 4.88. The highest BCUT2D eigenvalue weighted by molar-refractivity contribution is 8.13. The van der Waals surface area contributed by atoms with E-state index in [1.165, 1.54) is 11.1 Å². The lowest BCUT2D eigenvalue weighted by molar-refractivity contribution is -0.121. The summed E-state index contributed by atoms with van der Waals surface area (Å²) in [5.41, 5.74) is 6.57. The van der Waals surface area contributed by atoms with Crippen LogP contribution in [-0.4, -0.2) is 37.0 Å². The number of allylic oxidation sites excluding steroid dienone is 2. The number of nitrogens with one attached hydrogen (secondary N) is 2. The van der Waals surface area contributed by atoms with Crippen molar-refractivity contribution < 1.29 is 9.53 Å². The molecule has 1 aromatic carbocycles. The number of hydrogen-bond acceptors (Lipinski definition) is 5. The zero-order chi connectivity index (χ0) is 23.0. The van der Waals surface area contributed by atoms with Crippen molar-refractivity contribution in [3.63, 3.8) is 0 Å². The van der Waals surface area contributed by atoms with E-state index in [1.54, 1.807) is 18.9 Å². The predicted octanol–water partition coefficient (Wildman–Crippen LogP) is 5.11. The Bertz CT molecular complexity index is 816. The molecular weight excluding hydrogens is 420 g/mol. The van der Waals surface area contributed by atoms with E-state index < -0.39 is 0 Å². The van der Waals surface area contributed by atoms with Crippen molar-refractivity contribution in [2.75, 3.05) is 13.7 Å². The Morgan fingerprint density at radius 3 is 2.84 bits per heavy atom. The Labute approximate surface area is 196 Å². The van der Waals surface area contributed by atoms with Gasteiger partial charge >= 0.3 is 0 Å². The minimum Gasteiger partial charge on any atom is -0.377 e. The smallest absolute Gasteiger partial charge is 0.219 e. The van der Waals surface area contributed by atoms with E-state index in [2.05, 4.69) is 54.0 Å². The SMILES string of the molecule is CCCNC(=O)CCCC/C=N/NC(=NC1=CC=CC(OC)C1)SCc1ccc(C)cc1. The number of rotatable bonds is 12. The number of amidine groups is 1. The van der Waals surface area contributed by atoms with Crippen LogP contribution in [0.25, 0.3) is 0 Å². The summed E-state index contributed by atoms with van der Waals surface area (Å²) in [5, 5.41) is 8.03. The molecule has 1 aliphatic carbocycles. The lowest BCUT2D eigenvalue weighted by atomic mass is 10.1. The van der Waals surface area contributed by atoms with E-state index in [0.717, 1.165) is 55.3 Å². The summed E-state index contributed by atoms with van der Waals surface area (Å²) in [6, 6.07) is 8.53. The molecule has 0 aromatic heterocycles. The molecule has 0 saturated heterocycles. The number of amides is 1. The first-order chi connectivity index (χ1) is 15.6. The molecule has 1 aromatic rings. The molecular formula is C25H36N4O2S. The van der Waals surface area contributed by atoms with Crippen LogP contribution in [0.3, 0.4) is 0 Å². The Morgan fingerprint density at radius 1 is 1.28 bits per heavy atom. The first-order valence-corrected chi connectivity index (χ1v) is 12.3. The van der Waals surface area contributed by atoms with Crippen LogP contribution < -0.4 is 10.7 Å². The van der Waals surface area contributed by atoms with Gasteiger partial charge in [0.15, 0.2) is 5.17 Å². The van der Waals surface area contributed by atoms with Crippen LogP contribution in [0.2, 0.25) is 0 Å². The van der Waals surface area contributed by atoms with E-state index >= 15 is 0 Å². The van der Waals surface area contributed by atoms with Gasteiger partial charge < -0.3 is 10.1 Å². The van der Waals surface area contributed by atoms with Crippen LogP contribution in [0, 0.1) is 6.92 Å². The van der Waals surface area contributed by atoms with E-state index in [0.29, 0.717) is 6.42 Å². The van der Waals surface area contributed by atoms with Crippen molar-refractivity contribution in [2.24, 2.45) is 10.1 Å². The molecule has 0 saturated carbocycles. The van der Waals surface area contributed by atoms with Gasteiger partial charge in [-0.25, -0.2) is 4.99 Å². The predicted molar refractivity (Wildman–Crippen MR) is 136 cm³/mol. The normalized spacial score (nSPS) is 16.3. The summed E-state index contributed by atoms with van der Waals surface area (Å²) in [6.45, 7) is 4.90. The Balaban J connectivity index is 1.85. The van der Waals surface area contributed by atoms with E-state index in [-0.39, 0.29) is 12.0 Å². The minimum atomic E-state index is 0.0557. The van der Waals surface area contributed by atoms with Crippen molar-refractivity contribution >= 4 is 29.1 Å². The standard InChI is InChI=1S/C25H36N4O2S/c1-4-16-26-24(30)11-6-5-7-17-27-29-25(28-22-9-8-10-23(18-22)31-3)32-19-21-14-12-20(2)13-15-21/h8-10,12-15,17,23H,4-7,11,16,18-19H2,1-3H3,(H,26,30)(H,28,29)/b27-17+. The van der Waals surface area contributed by atoms with Crippen molar-refractivity contribution in [2.45, 2.75) is 64.2 Å². The molecule has 2 N–H and O–H groups in total. The second-order valence-electron chi connectivity index (χ2n) is 7.73. The monoisotopic (exact) mass is 456 g/mol. The third-order valence-corrected chi connectivity index (χ3v) is 5.81. The summed E-state index contributed by atoms with van der Waals surface area (Å²) < 4.78 is 5.44. The topological polar surface area (TPSA) is 75.1 Å². The number of thioether (sulfide) groups is 1. The average molecular weight is 457 g/mol. The summed E-state index contributed by atoms with van der Waals surface area (Å²) in [5.74, 6) is 0.943. The largest absolute Gasteiger partial charge is 0.377 e. The molecule has 1 amide bonds. The number of aliphatic imine (C=N–C) groups is 1. The number of nitrogens with zero attached hydrogens (tertiary/aromatic N) is 2. The molecule has 0 spiro atoms. The molecule has 0 bridgehead atoms. The molecule has 32 heavy (non-hydrogen) atoms. The van der Waals surface area contributed by atoms with E-state index in [1.807, 2.05) is 24.4 Å². The summed E-state index contributed by atoms with van der Waals surface area (Å²) >= 11 is 1.63. The molecule has 0 radical (unpaired) electrons. The third kappa shape index (κ3) is 10.8. The van der Waals surface area contributed by atoms with Gasteiger partial charge in [0.05, 0.1) is 6.10 Å². The molecule has 0 fully saturated rings. The zero-order valence-electron chi connectivity index (χ0n) is 19.5. The molecule has 1 aliphatic rings. The van der Waals surface area contributed by atoms with Gasteiger partial charge in [-0.05, 0) is 44.2 Å². The maximum absolute atomic E-state index is 11.6. The number of ether oxygens (including phenoxy) is 1. The molecule has 174 valence electrons. The highest BCUT2D eigenvalue weighted by Gasteiger charge is 2.11. The quantitative estimate of drug-likeness (QED) is 0.198. The lowest BCUT2D eigenvalue weighted by Gasteiger charge is -2.15. The highest BCUT2D eigenvalue weighted by Crippen LogP contribution is 2.20. The van der Waals surface area contributed by atoms with Crippen LogP contribution in [0.1, 0.15) is 56.6 Å². The van der Waals surface area contributed by atoms with Crippen LogP contribution in [-0.2, 0) is 15.3 Å². The summed E-state index contributed by atoms with van der Waals surface area (Å²) in [4.78, 5) is 16.4. The fourth-order valence-electron chi connectivity index (χ4n) is 2.97. The molecule has 1 unspecified atom stereocenters. The highest BCUT2D eigenvalue weighted by atomic mass is 32.2. The number of carbonyl (C=O) groups excluding carboxylic acids is 1. The van der Waals surface area contributed by atoms with Gasteiger partial charge in [0.25, 0.3) is 0 Å². The maximum Gasteiger partial charge on any atom is 0.219 e. The van der Waals surface area contributed by atoms with Crippen LogP contribution in [0.15, 0.2) is 58.3 Å². The van der Waals surface area contributed by atoms with E-state index in [9.17, 15) is 4.79 Å². The number of aryl methyl sites for hydroxylation is 1. The van der Waals surface area contributed by atoms with Gasteiger partial charge in [0, 0.05) is 44.2 Å². The maximum atomic E-state index is 11.6. The number of carbonyl (C=O) groups is 1. The Hall–Kier alpha value is -2.38. The summed E-state index contributed by atoms with van der Waals surface area (Å²) in [7, 11) is 1.71. The fourth-order valence-corrected chi connectivity index (χ4v) is 3.77. The molecule has 1 atom stereocenters. The average Bonchev–Trinajstić information content (AvgIpc) is 2.81. The van der Waals surface area contributed by atoms with Crippen LogP contribution >= 0.6 is 11.8 Å². The van der Waals surface area contributed by atoms with Crippen molar-refractivity contribution in [3.05, 3.63) is 59.3 Å². The van der Waals surface area contributed by atoms with Crippen molar-refractivity contribution in [1.82, 2.24) is 10.7 Å². The lowest BCUT2D eigenvalue weighted by Crippen LogP contribution is -2.23. The number of hydrazone groups is 1. The molecule has 0 aliphatic heterocycles. The molecule has 0 heterocycles. The van der Waals surface area contributed by atoms with E-state index in [4.69, 9.17) is 9.73 Å². The summed E-state index contributed by atoms with van der Waals surface area (Å²) in [6.07, 6.45) is 12.8. The van der Waals surface area contributed by atoms with Gasteiger partial charge in [-0.2, -0.15) is 5.10 Å². The van der Waals surface area contributed by atoms with Crippen LogP contribution in [0.4, 0.5) is 0 Å².